The summed E-state index contributed by atoms with van der Waals surface area (Å²) < 4.78 is 11.3. The number of hydrogen-bond donors (Lipinski definition) is 2. The van der Waals surface area contributed by atoms with Crippen molar-refractivity contribution in [1.29, 1.82) is 0 Å². The molecule has 0 saturated heterocycles. The highest BCUT2D eigenvalue weighted by molar-refractivity contribution is 9.10. The number of benzene rings is 1. The maximum absolute atomic E-state index is 8.74. The highest BCUT2D eigenvalue weighted by atomic mass is 79.9. The Morgan fingerprint density at radius 3 is 2.67 bits per heavy atom. The second kappa shape index (κ2) is 8.86. The van der Waals surface area contributed by atoms with Crippen molar-refractivity contribution in [2.24, 2.45) is 10.9 Å². The average molecular weight is 360 g/mol. The van der Waals surface area contributed by atoms with Gasteiger partial charge in [0.2, 0.25) is 0 Å². The van der Waals surface area contributed by atoms with Crippen molar-refractivity contribution in [3.05, 3.63) is 28.2 Å². The van der Waals surface area contributed by atoms with Crippen LogP contribution in [-0.2, 0) is 9.47 Å². The summed E-state index contributed by atoms with van der Waals surface area (Å²) in [5.41, 5.74) is 7.26. The number of halogens is 1. The zero-order chi connectivity index (χ0) is 15.8. The zero-order valence-electron chi connectivity index (χ0n) is 12.5. The molecule has 0 aromatic heterocycles. The summed E-state index contributed by atoms with van der Waals surface area (Å²) in [5.74, 6) is 0.0793. The molecule has 0 heterocycles. The quantitative estimate of drug-likeness (QED) is 0.321. The lowest BCUT2D eigenvalue weighted by Gasteiger charge is -2.31. The van der Waals surface area contributed by atoms with E-state index in [9.17, 15) is 0 Å². The van der Waals surface area contributed by atoms with E-state index in [-0.39, 0.29) is 11.9 Å². The first kappa shape index (κ1) is 17.7. The van der Waals surface area contributed by atoms with Crippen molar-refractivity contribution in [2.75, 3.05) is 38.9 Å². The molecule has 21 heavy (non-hydrogen) atoms. The number of nitrogens with zero attached hydrogens (tertiary/aromatic N) is 2. The third-order valence-corrected chi connectivity index (χ3v) is 3.77. The predicted molar refractivity (Wildman–Crippen MR) is 87.2 cm³/mol. The molecule has 0 radical (unpaired) electrons. The third kappa shape index (κ3) is 4.87. The monoisotopic (exact) mass is 359 g/mol. The zero-order valence-corrected chi connectivity index (χ0v) is 14.1. The van der Waals surface area contributed by atoms with Crippen molar-refractivity contribution >= 4 is 27.5 Å². The van der Waals surface area contributed by atoms with E-state index >= 15 is 0 Å². The van der Waals surface area contributed by atoms with E-state index in [0.717, 1.165) is 16.7 Å². The fourth-order valence-corrected chi connectivity index (χ4v) is 2.66. The van der Waals surface area contributed by atoms with Crippen LogP contribution < -0.4 is 10.6 Å². The Hall–Kier alpha value is -1.31. The van der Waals surface area contributed by atoms with Crippen LogP contribution in [0.15, 0.2) is 27.8 Å². The van der Waals surface area contributed by atoms with Crippen LogP contribution in [0.1, 0.15) is 12.5 Å². The number of hydrogen-bond acceptors (Lipinski definition) is 5. The van der Waals surface area contributed by atoms with Crippen LogP contribution >= 0.6 is 15.9 Å². The van der Waals surface area contributed by atoms with E-state index in [4.69, 9.17) is 20.4 Å². The van der Waals surface area contributed by atoms with Crippen LogP contribution in [-0.4, -0.2) is 51.1 Å². The van der Waals surface area contributed by atoms with E-state index in [1.54, 1.807) is 14.2 Å². The predicted octanol–water partition coefficient (Wildman–Crippen LogP) is 2.03. The molecule has 1 rings (SSSR count). The van der Waals surface area contributed by atoms with Crippen molar-refractivity contribution in [2.45, 2.75) is 13.0 Å². The molecule has 3 N–H and O–H groups in total. The van der Waals surface area contributed by atoms with E-state index in [2.05, 4.69) is 32.9 Å². The number of nitrogens with two attached hydrogens (primary N) is 1. The Labute approximate surface area is 133 Å². The first-order valence-corrected chi connectivity index (χ1v) is 7.36. The van der Waals surface area contributed by atoms with Crippen LogP contribution in [0.5, 0.6) is 0 Å². The average Bonchev–Trinajstić information content (AvgIpc) is 2.48. The molecule has 1 aromatic rings. The summed E-state index contributed by atoms with van der Waals surface area (Å²) in [6.45, 7) is 4.05. The summed E-state index contributed by atoms with van der Waals surface area (Å²) in [7, 11) is 3.36. The lowest BCUT2D eigenvalue weighted by molar-refractivity contribution is 0.171. The van der Waals surface area contributed by atoms with Crippen LogP contribution in [0.2, 0.25) is 0 Å². The molecule has 0 aliphatic carbocycles. The van der Waals surface area contributed by atoms with Crippen molar-refractivity contribution in [3.63, 3.8) is 0 Å². The van der Waals surface area contributed by atoms with Gasteiger partial charge in [0.15, 0.2) is 5.84 Å². The minimum atomic E-state index is 0.0793. The van der Waals surface area contributed by atoms with Gasteiger partial charge < -0.3 is 25.3 Å². The van der Waals surface area contributed by atoms with Gasteiger partial charge in [-0.3, -0.25) is 0 Å². The van der Waals surface area contributed by atoms with Crippen LogP contribution in [0.4, 0.5) is 5.69 Å². The van der Waals surface area contributed by atoms with Gasteiger partial charge in [-0.05, 0) is 41.1 Å². The van der Waals surface area contributed by atoms with Crippen molar-refractivity contribution in [3.8, 4) is 0 Å². The lowest BCUT2D eigenvalue weighted by atomic mass is 10.1. The van der Waals surface area contributed by atoms with Gasteiger partial charge in [0.1, 0.15) is 0 Å². The molecular formula is C14H22BrN3O3. The summed E-state index contributed by atoms with van der Waals surface area (Å²) in [6.07, 6.45) is 0. The molecule has 1 atom stereocenters. The number of ether oxygens (including phenoxy) is 2. The summed E-state index contributed by atoms with van der Waals surface area (Å²) in [4.78, 5) is 2.19. The van der Waals surface area contributed by atoms with Crippen LogP contribution in [0.3, 0.4) is 0 Å². The Kier molecular flexibility index (Phi) is 7.49. The molecule has 0 saturated carbocycles. The molecule has 6 nitrogen and oxygen atoms in total. The van der Waals surface area contributed by atoms with E-state index < -0.39 is 0 Å². The molecule has 118 valence electrons. The largest absolute Gasteiger partial charge is 0.409 e. The number of oxime groups is 1. The Morgan fingerprint density at radius 1 is 1.43 bits per heavy atom. The Bertz CT molecular complexity index is 483. The smallest absolute Gasteiger partial charge is 0.170 e. The normalized spacial score (nSPS) is 13.2. The second-order valence-electron chi connectivity index (χ2n) is 4.64. The molecule has 0 aliphatic heterocycles. The van der Waals surface area contributed by atoms with Gasteiger partial charge in [0, 0.05) is 36.8 Å². The number of anilines is 1. The Morgan fingerprint density at radius 2 is 2.14 bits per heavy atom. The maximum atomic E-state index is 8.74. The fraction of sp³-hybridized carbons (Fsp3) is 0.500. The first-order chi connectivity index (χ1) is 10.0. The summed E-state index contributed by atoms with van der Waals surface area (Å²) in [5, 5.41) is 11.7. The van der Waals surface area contributed by atoms with Crippen molar-refractivity contribution in [1.82, 2.24) is 0 Å². The standard InChI is InChI=1S/C14H22BrN3O3/c1-10(9-21-3)18(6-7-20-2)13-5-4-11(8-12(13)15)14(16)17-19/h4-5,8,10,19H,6-7,9H2,1-3H3,(H2,16,17). The maximum Gasteiger partial charge on any atom is 0.170 e. The molecule has 0 bridgehead atoms. The molecule has 7 heteroatoms. The van der Waals surface area contributed by atoms with E-state index in [1.807, 2.05) is 18.2 Å². The summed E-state index contributed by atoms with van der Waals surface area (Å²) in [6, 6.07) is 5.76. The van der Waals surface area contributed by atoms with Gasteiger partial charge in [-0.15, -0.1) is 0 Å². The molecule has 1 unspecified atom stereocenters. The minimum absolute atomic E-state index is 0.0793. The van der Waals surface area contributed by atoms with Gasteiger partial charge in [-0.25, -0.2) is 0 Å². The van der Waals surface area contributed by atoms with Gasteiger partial charge in [0.25, 0.3) is 0 Å². The molecule has 1 aromatic carbocycles. The number of methoxy groups -OCH3 is 2. The highest BCUT2D eigenvalue weighted by Crippen LogP contribution is 2.29. The third-order valence-electron chi connectivity index (χ3n) is 3.14. The second-order valence-corrected chi connectivity index (χ2v) is 5.50. The van der Waals surface area contributed by atoms with E-state index in [1.165, 1.54) is 0 Å². The van der Waals surface area contributed by atoms with Gasteiger partial charge in [-0.1, -0.05) is 5.16 Å². The molecule has 0 aliphatic rings. The number of rotatable bonds is 8. The minimum Gasteiger partial charge on any atom is -0.409 e. The van der Waals surface area contributed by atoms with Gasteiger partial charge in [0.05, 0.1) is 18.9 Å². The van der Waals surface area contributed by atoms with Crippen molar-refractivity contribution < 1.29 is 14.7 Å². The van der Waals surface area contributed by atoms with Gasteiger partial charge in [-0.2, -0.15) is 0 Å². The lowest BCUT2D eigenvalue weighted by Crippen LogP contribution is -2.39. The SMILES string of the molecule is COCCN(c1ccc(/C(N)=N/O)cc1Br)C(C)COC. The molecular weight excluding hydrogens is 338 g/mol. The number of amidine groups is 1. The van der Waals surface area contributed by atoms with Gasteiger partial charge >= 0.3 is 0 Å². The Balaban J connectivity index is 3.06. The topological polar surface area (TPSA) is 80.3 Å². The fourth-order valence-electron chi connectivity index (χ4n) is 2.06. The molecule has 0 fully saturated rings. The molecule has 0 amide bonds. The van der Waals surface area contributed by atoms with Crippen LogP contribution in [0.25, 0.3) is 0 Å². The molecule has 0 spiro atoms. The van der Waals surface area contributed by atoms with E-state index in [0.29, 0.717) is 18.8 Å². The summed E-state index contributed by atoms with van der Waals surface area (Å²) >= 11 is 3.54. The van der Waals surface area contributed by atoms with Crippen LogP contribution in [0, 0.1) is 0 Å². The first-order valence-electron chi connectivity index (χ1n) is 6.57. The highest BCUT2D eigenvalue weighted by Gasteiger charge is 2.17.